The molecule has 0 heterocycles. The molecule has 2 atom stereocenters. The Bertz CT molecular complexity index is 578. The van der Waals surface area contributed by atoms with Gasteiger partial charge in [-0.25, -0.2) is 5.01 Å². The van der Waals surface area contributed by atoms with E-state index in [2.05, 4.69) is 5.29 Å². The summed E-state index contributed by atoms with van der Waals surface area (Å²) in [6.45, 7) is 0.858. The number of hydrogen-bond acceptors (Lipinski definition) is 8. The van der Waals surface area contributed by atoms with Crippen molar-refractivity contribution < 1.29 is 25.0 Å². The van der Waals surface area contributed by atoms with Crippen LogP contribution in [0.3, 0.4) is 0 Å². The molecule has 0 unspecified atom stereocenters. The van der Waals surface area contributed by atoms with Crippen LogP contribution < -0.4 is 0 Å². The molecular formula is C12H15N3O7. The maximum absolute atomic E-state index is 11.0. The van der Waals surface area contributed by atoms with Gasteiger partial charge in [0.25, 0.3) is 0 Å². The number of nitro benzene ring substituents is 1. The van der Waals surface area contributed by atoms with Crippen molar-refractivity contribution in [3.63, 3.8) is 0 Å². The smallest absolute Gasteiger partial charge is 0.310 e. The maximum Gasteiger partial charge on any atom is 0.310 e. The molecule has 0 aliphatic rings. The number of benzene rings is 1. The first-order valence-electron chi connectivity index (χ1n) is 6.20. The van der Waals surface area contributed by atoms with Gasteiger partial charge in [0, 0.05) is 12.6 Å². The van der Waals surface area contributed by atoms with Crippen LogP contribution in [0, 0.1) is 15.0 Å². The summed E-state index contributed by atoms with van der Waals surface area (Å²) in [5.74, 6) is -1.23. The number of nitrogens with zero attached hydrogens (tertiary/aromatic N) is 3. The highest BCUT2D eigenvalue weighted by molar-refractivity contribution is 5.80. The van der Waals surface area contributed by atoms with Crippen LogP contribution in [0.25, 0.3) is 0 Å². The maximum atomic E-state index is 11.0. The van der Waals surface area contributed by atoms with Gasteiger partial charge in [-0.15, -0.1) is 4.91 Å². The molecule has 3 N–H and O–H groups in total. The molecule has 0 amide bonds. The Kier molecular flexibility index (Phi) is 5.90. The molecule has 22 heavy (non-hydrogen) atoms. The third-order valence-electron chi connectivity index (χ3n) is 2.98. The first-order valence-corrected chi connectivity index (χ1v) is 6.20. The predicted octanol–water partition coefficient (Wildman–Crippen LogP) is 0.0946. The average molecular weight is 313 g/mol. The van der Waals surface area contributed by atoms with Crippen molar-refractivity contribution >= 4 is 11.5 Å². The molecule has 0 aromatic heterocycles. The molecule has 120 valence electrons. The Morgan fingerprint density at radius 1 is 1.45 bits per heavy atom. The Balaban J connectivity index is 2.79. The number of nitroso groups, excluding NO2 is 1. The predicted molar refractivity (Wildman–Crippen MR) is 73.7 cm³/mol. The van der Waals surface area contributed by atoms with Crippen LogP contribution in [0.4, 0.5) is 5.69 Å². The van der Waals surface area contributed by atoms with Gasteiger partial charge in [-0.2, -0.15) is 0 Å². The van der Waals surface area contributed by atoms with E-state index in [1.165, 1.54) is 6.07 Å². The van der Waals surface area contributed by atoms with Crippen molar-refractivity contribution in [1.29, 1.82) is 0 Å². The minimum absolute atomic E-state index is 0.0640. The van der Waals surface area contributed by atoms with Crippen LogP contribution in [-0.2, 0) is 11.2 Å². The fourth-order valence-corrected chi connectivity index (χ4v) is 1.71. The Morgan fingerprint density at radius 3 is 2.59 bits per heavy atom. The molecule has 1 rings (SSSR count). The van der Waals surface area contributed by atoms with E-state index in [0.717, 1.165) is 19.1 Å². The Morgan fingerprint density at radius 2 is 2.09 bits per heavy atom. The number of hydrogen-bond donors (Lipinski definition) is 3. The number of carbonyl (C=O) groups excluding carboxylic acids is 1. The molecule has 1 aromatic carbocycles. The summed E-state index contributed by atoms with van der Waals surface area (Å²) in [6.07, 6.45) is -3.52. The number of rotatable bonds is 8. The summed E-state index contributed by atoms with van der Waals surface area (Å²) in [5.41, 5.74) is -0.0879. The number of ketones is 1. The van der Waals surface area contributed by atoms with E-state index in [1.807, 2.05) is 0 Å². The molecule has 0 radical (unpaired) electrons. The molecular weight excluding hydrogens is 298 g/mol. The first-order chi connectivity index (χ1) is 10.3. The highest BCUT2D eigenvalue weighted by atomic mass is 16.6. The van der Waals surface area contributed by atoms with Crippen LogP contribution in [0.5, 0.6) is 5.75 Å². The van der Waals surface area contributed by atoms with Crippen LogP contribution >= 0.6 is 0 Å². The number of Topliss-reactive ketones (excluding diaryl/α,β-unsaturated/α-hetero) is 1. The van der Waals surface area contributed by atoms with E-state index in [4.69, 9.17) is 0 Å². The van der Waals surface area contributed by atoms with E-state index in [9.17, 15) is 35.1 Å². The second kappa shape index (κ2) is 7.43. The number of carbonyl (C=O) groups is 1. The fraction of sp³-hybridized carbons (Fsp3) is 0.417. The van der Waals surface area contributed by atoms with E-state index in [0.29, 0.717) is 10.6 Å². The van der Waals surface area contributed by atoms with Crippen molar-refractivity contribution in [2.75, 3.05) is 6.54 Å². The van der Waals surface area contributed by atoms with Crippen molar-refractivity contribution in [2.45, 2.75) is 25.7 Å². The van der Waals surface area contributed by atoms with Gasteiger partial charge in [-0.1, -0.05) is 6.07 Å². The van der Waals surface area contributed by atoms with Gasteiger partial charge in [0.05, 0.1) is 10.2 Å². The van der Waals surface area contributed by atoms with Crippen molar-refractivity contribution in [2.24, 2.45) is 5.29 Å². The zero-order valence-corrected chi connectivity index (χ0v) is 11.6. The van der Waals surface area contributed by atoms with Gasteiger partial charge in [-0.05, 0) is 25.0 Å². The second-order valence-electron chi connectivity index (χ2n) is 4.54. The zero-order chi connectivity index (χ0) is 16.9. The summed E-state index contributed by atoms with van der Waals surface area (Å²) in [5, 5.41) is 42.1. The van der Waals surface area contributed by atoms with Gasteiger partial charge < -0.3 is 15.3 Å². The van der Waals surface area contributed by atoms with Crippen LogP contribution in [0.2, 0.25) is 0 Å². The normalized spacial score (nSPS) is 13.2. The number of phenols is 1. The Labute approximate surface area is 124 Å². The van der Waals surface area contributed by atoms with E-state index >= 15 is 0 Å². The molecule has 10 nitrogen and oxygen atoms in total. The van der Waals surface area contributed by atoms with Crippen molar-refractivity contribution in [1.82, 2.24) is 5.01 Å². The quantitative estimate of drug-likeness (QED) is 0.264. The summed E-state index contributed by atoms with van der Waals surface area (Å²) in [7, 11) is 0. The Hall–Kier alpha value is -2.59. The van der Waals surface area contributed by atoms with E-state index in [1.54, 1.807) is 0 Å². The fourth-order valence-electron chi connectivity index (χ4n) is 1.71. The lowest BCUT2D eigenvalue weighted by Crippen LogP contribution is -2.44. The van der Waals surface area contributed by atoms with Gasteiger partial charge in [0.15, 0.2) is 23.9 Å². The lowest BCUT2D eigenvalue weighted by atomic mass is 10.1. The minimum atomic E-state index is -1.80. The van der Waals surface area contributed by atoms with Crippen molar-refractivity contribution in [3.05, 3.63) is 38.8 Å². The molecule has 0 aliphatic heterocycles. The first kappa shape index (κ1) is 17.5. The molecule has 1 aromatic rings. The number of phenolic OH excluding ortho intramolecular Hbond substituents is 1. The molecule has 10 heteroatoms. The molecule has 0 fully saturated rings. The summed E-state index contributed by atoms with van der Waals surface area (Å²) >= 11 is 0. The number of aliphatic hydroxyl groups excluding tert-OH is 2. The summed E-state index contributed by atoms with van der Waals surface area (Å²) < 4.78 is 0. The second-order valence-corrected chi connectivity index (χ2v) is 4.54. The minimum Gasteiger partial charge on any atom is -0.502 e. The van der Waals surface area contributed by atoms with Gasteiger partial charge in [0.1, 0.15) is 0 Å². The number of aromatic hydroxyl groups is 1. The topological polar surface area (TPSA) is 154 Å². The third kappa shape index (κ3) is 4.20. The van der Waals surface area contributed by atoms with Gasteiger partial charge >= 0.3 is 5.69 Å². The van der Waals surface area contributed by atoms with E-state index < -0.39 is 34.5 Å². The summed E-state index contributed by atoms with van der Waals surface area (Å²) in [6, 6.07) is 3.65. The lowest BCUT2D eigenvalue weighted by molar-refractivity contribution is -0.385. The van der Waals surface area contributed by atoms with Crippen molar-refractivity contribution in [3.8, 4) is 5.75 Å². The molecule has 0 aliphatic carbocycles. The molecule has 0 saturated carbocycles. The van der Waals surface area contributed by atoms with Crippen LogP contribution in [0.15, 0.2) is 23.5 Å². The van der Waals surface area contributed by atoms with Crippen LogP contribution in [0.1, 0.15) is 12.5 Å². The SMILES string of the molecule is CC(=O)[C@H](O)[C@@H](O)N(CCc1ccc(O)c([N+](=O)[O-])c1)N=O. The van der Waals surface area contributed by atoms with Crippen LogP contribution in [-0.4, -0.2) is 49.9 Å². The highest BCUT2D eigenvalue weighted by Crippen LogP contribution is 2.26. The standard InChI is InChI=1S/C12H15N3O7/c1-7(16)11(18)12(19)14(13-20)5-4-8-2-3-10(17)9(6-8)15(21)22/h2-3,6,11-12,17-19H,4-5H2,1H3/t11-,12+/m0/s1. The number of aliphatic hydroxyl groups is 2. The molecule has 0 bridgehead atoms. The molecule has 0 spiro atoms. The third-order valence-corrected chi connectivity index (χ3v) is 2.98. The van der Waals surface area contributed by atoms with Gasteiger partial charge in [-0.3, -0.25) is 14.9 Å². The van der Waals surface area contributed by atoms with E-state index in [-0.39, 0.29) is 13.0 Å². The summed E-state index contributed by atoms with van der Waals surface area (Å²) in [4.78, 5) is 31.6. The average Bonchev–Trinajstić information content (AvgIpc) is 2.47. The largest absolute Gasteiger partial charge is 0.502 e. The highest BCUT2D eigenvalue weighted by Gasteiger charge is 2.27. The zero-order valence-electron chi connectivity index (χ0n) is 11.6. The van der Waals surface area contributed by atoms with Gasteiger partial charge in [0.2, 0.25) is 0 Å². The number of nitro groups is 1. The molecule has 0 saturated heterocycles. The lowest BCUT2D eigenvalue weighted by Gasteiger charge is -2.24. The monoisotopic (exact) mass is 313 g/mol.